The van der Waals surface area contributed by atoms with Crippen LogP contribution in [-0.4, -0.2) is 35.7 Å². The predicted octanol–water partition coefficient (Wildman–Crippen LogP) is 3.98. The van der Waals surface area contributed by atoms with Gasteiger partial charge in [0.1, 0.15) is 29.3 Å². The van der Waals surface area contributed by atoms with E-state index in [4.69, 9.17) is 4.74 Å². The number of hydrogen-bond donors (Lipinski definition) is 1. The van der Waals surface area contributed by atoms with Crippen molar-refractivity contribution in [3.63, 3.8) is 0 Å². The highest BCUT2D eigenvalue weighted by Crippen LogP contribution is 2.26. The summed E-state index contributed by atoms with van der Waals surface area (Å²) in [7, 11) is 0. The predicted molar refractivity (Wildman–Crippen MR) is 129 cm³/mol. The Morgan fingerprint density at radius 3 is 2.77 bits per heavy atom. The van der Waals surface area contributed by atoms with Crippen LogP contribution in [0.25, 0.3) is 27.8 Å². The fourth-order valence-corrected chi connectivity index (χ4v) is 4.47. The van der Waals surface area contributed by atoms with E-state index in [1.165, 1.54) is 23.0 Å². The zero-order valence-electron chi connectivity index (χ0n) is 18.8. The highest BCUT2D eigenvalue weighted by Gasteiger charge is 2.21. The lowest BCUT2D eigenvalue weighted by Gasteiger charge is -2.23. The maximum atomic E-state index is 14.5. The molecule has 5 aromatic rings. The Labute approximate surface area is 199 Å². The number of hydrogen-bond acceptors (Lipinski definition) is 7. The summed E-state index contributed by atoms with van der Waals surface area (Å²) in [6.07, 6.45) is 6.19. The molecule has 35 heavy (non-hydrogen) atoms. The Balaban J connectivity index is 1.40. The number of aromatic nitrogens is 6. The van der Waals surface area contributed by atoms with Crippen LogP contribution in [0.1, 0.15) is 31.2 Å². The van der Waals surface area contributed by atoms with Crippen LogP contribution in [0.5, 0.6) is 0 Å². The highest BCUT2D eigenvalue weighted by molar-refractivity contribution is 5.80. The molecule has 1 atom stereocenters. The Morgan fingerprint density at radius 1 is 1.06 bits per heavy atom. The molecule has 6 rings (SSSR count). The van der Waals surface area contributed by atoms with E-state index < -0.39 is 11.4 Å². The average molecular weight is 471 g/mol. The van der Waals surface area contributed by atoms with E-state index in [2.05, 4.69) is 25.3 Å². The van der Waals surface area contributed by atoms with Gasteiger partial charge in [0.2, 0.25) is 5.95 Å². The first kappa shape index (κ1) is 21.4. The average Bonchev–Trinajstić information content (AvgIpc) is 3.33. The number of imidazole rings is 1. The molecule has 1 N–H and O–H groups in total. The largest absolute Gasteiger partial charge is 0.358 e. The summed E-state index contributed by atoms with van der Waals surface area (Å²) < 4.78 is 23.8. The maximum Gasteiger partial charge on any atom is 0.270 e. The number of fused-ring (bicyclic) bond motifs is 2. The third kappa shape index (κ3) is 3.81. The smallest absolute Gasteiger partial charge is 0.270 e. The highest BCUT2D eigenvalue weighted by atomic mass is 19.1. The molecule has 1 aliphatic rings. The molecule has 4 heterocycles. The molecule has 0 spiro atoms. The van der Waals surface area contributed by atoms with Crippen LogP contribution >= 0.6 is 0 Å². The van der Waals surface area contributed by atoms with Crippen LogP contribution in [0.15, 0.2) is 66.0 Å². The van der Waals surface area contributed by atoms with Gasteiger partial charge in [-0.2, -0.15) is 0 Å². The minimum atomic E-state index is -0.607. The van der Waals surface area contributed by atoms with Crippen molar-refractivity contribution >= 4 is 28.0 Å². The number of halogens is 1. The molecule has 1 aliphatic heterocycles. The van der Waals surface area contributed by atoms with E-state index in [0.29, 0.717) is 22.5 Å². The number of rotatable bonds is 5. The summed E-state index contributed by atoms with van der Waals surface area (Å²) >= 11 is 0. The summed E-state index contributed by atoms with van der Waals surface area (Å²) in [6.45, 7) is 0.955. The van der Waals surface area contributed by atoms with Gasteiger partial charge in [-0.3, -0.25) is 9.36 Å². The van der Waals surface area contributed by atoms with E-state index in [0.717, 1.165) is 25.9 Å². The van der Waals surface area contributed by atoms with Crippen molar-refractivity contribution in [3.8, 4) is 5.69 Å². The van der Waals surface area contributed by atoms with Gasteiger partial charge in [0.15, 0.2) is 5.65 Å². The quantitative estimate of drug-likeness (QED) is 0.414. The second kappa shape index (κ2) is 8.88. The van der Waals surface area contributed by atoms with Gasteiger partial charge in [0.25, 0.3) is 5.56 Å². The summed E-state index contributed by atoms with van der Waals surface area (Å²) in [5.74, 6) is -0.328. The summed E-state index contributed by atoms with van der Waals surface area (Å²) in [4.78, 5) is 31.3. The molecule has 1 fully saturated rings. The van der Waals surface area contributed by atoms with Crippen molar-refractivity contribution in [3.05, 3.63) is 83.1 Å². The zero-order valence-corrected chi connectivity index (χ0v) is 18.8. The number of benzene rings is 2. The molecular formula is C25H22FN7O2. The fraction of sp³-hybridized carbons (Fsp3) is 0.240. The third-order valence-corrected chi connectivity index (χ3v) is 6.18. The van der Waals surface area contributed by atoms with Gasteiger partial charge in [0.05, 0.1) is 29.8 Å². The zero-order chi connectivity index (χ0) is 23.8. The third-order valence-electron chi connectivity index (χ3n) is 6.18. The van der Waals surface area contributed by atoms with Crippen molar-refractivity contribution in [2.24, 2.45) is 0 Å². The molecule has 1 saturated heterocycles. The van der Waals surface area contributed by atoms with Gasteiger partial charge >= 0.3 is 0 Å². The van der Waals surface area contributed by atoms with Crippen LogP contribution in [0.3, 0.4) is 0 Å². The van der Waals surface area contributed by atoms with E-state index in [1.54, 1.807) is 24.5 Å². The minimum Gasteiger partial charge on any atom is -0.358 e. The van der Waals surface area contributed by atoms with Crippen LogP contribution < -0.4 is 10.9 Å². The summed E-state index contributed by atoms with van der Waals surface area (Å²) in [6, 6.07) is 13.4. The standard InChI is InChI=1S/C25H22FN7O2/c26-17-9-6-10-18-21(17)24(34)33(16-7-2-1-3-8-16)25(31-18)27-13-19-22-23(29-14-28-19)32(15-30-22)20-11-4-5-12-35-20/h1-3,6-10,14-15,20H,4-5,11-13H2,(H,27,31). The van der Waals surface area contributed by atoms with Gasteiger partial charge in [-0.1, -0.05) is 24.3 Å². The first-order valence-electron chi connectivity index (χ1n) is 11.5. The Kier molecular flexibility index (Phi) is 5.42. The lowest BCUT2D eigenvalue weighted by Crippen LogP contribution is -2.24. The summed E-state index contributed by atoms with van der Waals surface area (Å²) in [5, 5.41) is 3.16. The van der Waals surface area contributed by atoms with Gasteiger partial charge in [0, 0.05) is 6.61 Å². The summed E-state index contributed by atoms with van der Waals surface area (Å²) in [5.41, 5.74) is 2.35. The SMILES string of the molecule is O=c1c2c(F)cccc2nc(NCc2ncnc3c2ncn3C2CCCCO2)n1-c1ccccc1. The van der Waals surface area contributed by atoms with E-state index in [1.807, 2.05) is 22.8 Å². The van der Waals surface area contributed by atoms with Crippen molar-refractivity contribution < 1.29 is 9.13 Å². The fourth-order valence-electron chi connectivity index (χ4n) is 4.47. The molecule has 0 aliphatic carbocycles. The molecule has 0 amide bonds. The topological polar surface area (TPSA) is 99.8 Å². The van der Waals surface area contributed by atoms with E-state index in [-0.39, 0.29) is 29.6 Å². The molecule has 3 aromatic heterocycles. The molecule has 176 valence electrons. The van der Waals surface area contributed by atoms with Gasteiger partial charge < -0.3 is 10.1 Å². The lowest BCUT2D eigenvalue weighted by atomic mass is 10.2. The molecule has 9 nitrogen and oxygen atoms in total. The normalized spacial score (nSPS) is 16.1. The van der Waals surface area contributed by atoms with Crippen LogP contribution in [0, 0.1) is 5.82 Å². The monoisotopic (exact) mass is 471 g/mol. The van der Waals surface area contributed by atoms with Crippen LogP contribution in [0.4, 0.5) is 10.3 Å². The van der Waals surface area contributed by atoms with Gasteiger partial charge in [-0.25, -0.2) is 28.9 Å². The van der Waals surface area contributed by atoms with Crippen LogP contribution in [0.2, 0.25) is 0 Å². The van der Waals surface area contributed by atoms with Crippen LogP contribution in [-0.2, 0) is 11.3 Å². The first-order chi connectivity index (χ1) is 17.2. The molecule has 0 radical (unpaired) electrons. The molecule has 2 aromatic carbocycles. The molecule has 10 heteroatoms. The van der Waals surface area contributed by atoms with Gasteiger partial charge in [-0.05, 0) is 43.5 Å². The van der Waals surface area contributed by atoms with Gasteiger partial charge in [-0.15, -0.1) is 0 Å². The number of anilines is 1. The number of nitrogens with zero attached hydrogens (tertiary/aromatic N) is 6. The molecule has 1 unspecified atom stereocenters. The van der Waals surface area contributed by atoms with Crippen molar-refractivity contribution in [2.75, 3.05) is 11.9 Å². The minimum absolute atomic E-state index is 0.0578. The van der Waals surface area contributed by atoms with E-state index >= 15 is 0 Å². The first-order valence-corrected chi connectivity index (χ1v) is 11.5. The van der Waals surface area contributed by atoms with Crippen molar-refractivity contribution in [1.29, 1.82) is 0 Å². The molecular weight excluding hydrogens is 449 g/mol. The van der Waals surface area contributed by atoms with Crippen molar-refractivity contribution in [1.82, 2.24) is 29.1 Å². The van der Waals surface area contributed by atoms with Crippen molar-refractivity contribution in [2.45, 2.75) is 32.0 Å². The Morgan fingerprint density at radius 2 is 1.94 bits per heavy atom. The lowest BCUT2D eigenvalue weighted by molar-refractivity contribution is -0.0298. The Hall–Kier alpha value is -4.18. The Bertz CT molecular complexity index is 1580. The number of para-hydroxylation sites is 1. The molecule has 0 bridgehead atoms. The molecule has 0 saturated carbocycles. The second-order valence-electron chi connectivity index (χ2n) is 8.36. The number of ether oxygens (including phenoxy) is 1. The number of nitrogens with one attached hydrogen (secondary N) is 1. The maximum absolute atomic E-state index is 14.5. The van der Waals surface area contributed by atoms with E-state index in [9.17, 15) is 9.18 Å². The second-order valence-corrected chi connectivity index (χ2v) is 8.36.